The van der Waals surface area contributed by atoms with E-state index in [0.717, 1.165) is 5.56 Å². The van der Waals surface area contributed by atoms with Crippen LogP contribution in [0.25, 0.3) is 0 Å². The number of aryl methyl sites for hydroxylation is 1. The van der Waals surface area contributed by atoms with E-state index in [4.69, 9.17) is 5.73 Å². The van der Waals surface area contributed by atoms with Gasteiger partial charge in [0.25, 0.3) is 0 Å². The van der Waals surface area contributed by atoms with Crippen molar-refractivity contribution in [3.05, 3.63) is 70.3 Å². The van der Waals surface area contributed by atoms with Gasteiger partial charge in [0, 0.05) is 18.0 Å². The molecule has 0 amide bonds. The number of hydrogen-bond donors (Lipinski definition) is 2. The molecule has 2 unspecified atom stereocenters. The lowest BCUT2D eigenvalue weighted by Crippen LogP contribution is -2.27. The molecule has 1 aliphatic rings. The first-order valence-corrected chi connectivity index (χ1v) is 6.47. The highest BCUT2D eigenvalue weighted by Crippen LogP contribution is 2.47. The first-order chi connectivity index (χ1) is 9.45. The molecule has 0 saturated carbocycles. The van der Waals surface area contributed by atoms with E-state index in [1.807, 2.05) is 6.07 Å². The number of aliphatic hydroxyl groups is 1. The Labute approximate surface area is 115 Å². The van der Waals surface area contributed by atoms with Crippen molar-refractivity contribution < 1.29 is 13.9 Å². The molecule has 0 aromatic heterocycles. The van der Waals surface area contributed by atoms with E-state index in [1.165, 1.54) is 19.1 Å². The molecular weight excluding hydrogens is 260 g/mol. The van der Waals surface area contributed by atoms with Gasteiger partial charge in [0.1, 0.15) is 5.60 Å². The quantitative estimate of drug-likeness (QED) is 0.840. The summed E-state index contributed by atoms with van der Waals surface area (Å²) in [6.07, 6.45) is 0.145. The van der Waals surface area contributed by atoms with Gasteiger partial charge in [-0.15, -0.1) is 0 Å². The summed E-state index contributed by atoms with van der Waals surface area (Å²) < 4.78 is 28.0. The fourth-order valence-electron chi connectivity index (χ4n) is 2.96. The van der Waals surface area contributed by atoms with Gasteiger partial charge < -0.3 is 10.8 Å². The number of benzene rings is 2. The highest BCUT2D eigenvalue weighted by atomic mass is 19.2. The molecule has 2 aromatic carbocycles. The Kier molecular flexibility index (Phi) is 2.88. The SMILES string of the molecule is Cc1ccc(C2(O)CC(N)c3ccccc32)c(F)c1F. The Balaban J connectivity index is 2.23. The first-order valence-electron chi connectivity index (χ1n) is 6.47. The van der Waals surface area contributed by atoms with Crippen molar-refractivity contribution in [3.8, 4) is 0 Å². The highest BCUT2D eigenvalue weighted by Gasteiger charge is 2.44. The van der Waals surface area contributed by atoms with Crippen LogP contribution < -0.4 is 5.73 Å². The van der Waals surface area contributed by atoms with E-state index >= 15 is 0 Å². The third kappa shape index (κ3) is 1.69. The summed E-state index contributed by atoms with van der Waals surface area (Å²) in [6.45, 7) is 1.49. The normalized spacial score (nSPS) is 24.8. The Morgan fingerprint density at radius 3 is 2.55 bits per heavy atom. The van der Waals surface area contributed by atoms with Crippen molar-refractivity contribution in [1.82, 2.24) is 0 Å². The third-order valence-electron chi connectivity index (χ3n) is 4.04. The van der Waals surface area contributed by atoms with Crippen LogP contribution in [0.1, 0.15) is 34.7 Å². The Hall–Kier alpha value is -1.78. The standard InChI is InChI=1S/C16H15F2NO/c1-9-6-7-12(15(18)14(9)17)16(20)8-13(19)10-4-2-3-5-11(10)16/h2-7,13,20H,8,19H2,1H3. The largest absolute Gasteiger partial charge is 0.380 e. The van der Waals surface area contributed by atoms with E-state index in [0.29, 0.717) is 5.56 Å². The molecule has 0 fully saturated rings. The number of hydrogen-bond acceptors (Lipinski definition) is 2. The van der Waals surface area contributed by atoms with E-state index in [9.17, 15) is 13.9 Å². The fraction of sp³-hybridized carbons (Fsp3) is 0.250. The summed E-state index contributed by atoms with van der Waals surface area (Å²) in [4.78, 5) is 0. The minimum absolute atomic E-state index is 0.0546. The lowest BCUT2D eigenvalue weighted by atomic mass is 9.87. The highest BCUT2D eigenvalue weighted by molar-refractivity contribution is 5.48. The van der Waals surface area contributed by atoms with Crippen molar-refractivity contribution in [1.29, 1.82) is 0 Å². The van der Waals surface area contributed by atoms with Crippen molar-refractivity contribution in [2.24, 2.45) is 5.73 Å². The van der Waals surface area contributed by atoms with Gasteiger partial charge in [0.2, 0.25) is 0 Å². The molecule has 2 aromatic rings. The second kappa shape index (κ2) is 4.36. The maximum Gasteiger partial charge on any atom is 0.165 e. The minimum atomic E-state index is -1.57. The van der Waals surface area contributed by atoms with Gasteiger partial charge in [-0.25, -0.2) is 8.78 Å². The maximum atomic E-state index is 14.2. The molecule has 1 aliphatic carbocycles. The van der Waals surface area contributed by atoms with E-state index in [2.05, 4.69) is 0 Å². The molecule has 3 rings (SSSR count). The van der Waals surface area contributed by atoms with Crippen molar-refractivity contribution in [2.45, 2.75) is 25.0 Å². The summed E-state index contributed by atoms with van der Waals surface area (Å²) in [5, 5.41) is 10.9. The monoisotopic (exact) mass is 275 g/mol. The van der Waals surface area contributed by atoms with Crippen LogP contribution in [0.4, 0.5) is 8.78 Å². The lowest BCUT2D eigenvalue weighted by molar-refractivity contribution is 0.0728. The molecule has 2 atom stereocenters. The molecule has 0 spiro atoms. The zero-order chi connectivity index (χ0) is 14.5. The summed E-state index contributed by atoms with van der Waals surface area (Å²) >= 11 is 0. The summed E-state index contributed by atoms with van der Waals surface area (Å²) in [7, 11) is 0. The number of halogens is 2. The fourth-order valence-corrected chi connectivity index (χ4v) is 2.96. The first kappa shape index (κ1) is 13.2. The van der Waals surface area contributed by atoms with Gasteiger partial charge in [0.05, 0.1) is 0 Å². The van der Waals surface area contributed by atoms with Crippen LogP contribution in [0, 0.1) is 18.6 Å². The molecule has 4 heteroatoms. The molecule has 0 bridgehead atoms. The lowest BCUT2D eigenvalue weighted by Gasteiger charge is -2.25. The van der Waals surface area contributed by atoms with E-state index in [1.54, 1.807) is 18.2 Å². The Morgan fingerprint density at radius 1 is 1.10 bits per heavy atom. The Bertz CT molecular complexity index is 686. The van der Waals surface area contributed by atoms with Gasteiger partial charge in [-0.1, -0.05) is 36.4 Å². The molecule has 0 aliphatic heterocycles. The summed E-state index contributed by atoms with van der Waals surface area (Å²) in [5.41, 5.74) is 5.91. The zero-order valence-electron chi connectivity index (χ0n) is 11.0. The van der Waals surface area contributed by atoms with Gasteiger partial charge in [-0.3, -0.25) is 0 Å². The smallest absolute Gasteiger partial charge is 0.165 e. The van der Waals surface area contributed by atoms with Crippen LogP contribution >= 0.6 is 0 Å². The van der Waals surface area contributed by atoms with Crippen LogP contribution in [0.3, 0.4) is 0 Å². The molecule has 20 heavy (non-hydrogen) atoms. The van der Waals surface area contributed by atoms with Crippen molar-refractivity contribution in [2.75, 3.05) is 0 Å². The molecule has 0 saturated heterocycles. The average molecular weight is 275 g/mol. The number of fused-ring (bicyclic) bond motifs is 1. The van der Waals surface area contributed by atoms with Crippen LogP contribution in [0.15, 0.2) is 36.4 Å². The molecule has 0 heterocycles. The topological polar surface area (TPSA) is 46.2 Å². The van der Waals surface area contributed by atoms with Gasteiger partial charge in [-0.2, -0.15) is 0 Å². The summed E-state index contributed by atoms with van der Waals surface area (Å²) in [5.74, 6) is -1.93. The van der Waals surface area contributed by atoms with Crippen LogP contribution in [0.2, 0.25) is 0 Å². The summed E-state index contributed by atoms with van der Waals surface area (Å²) in [6, 6.07) is 9.60. The molecule has 0 radical (unpaired) electrons. The van der Waals surface area contributed by atoms with Gasteiger partial charge in [-0.05, 0) is 23.6 Å². The van der Waals surface area contributed by atoms with Crippen LogP contribution in [-0.2, 0) is 5.60 Å². The Morgan fingerprint density at radius 2 is 1.80 bits per heavy atom. The molecule has 104 valence electrons. The van der Waals surface area contributed by atoms with E-state index < -0.39 is 17.2 Å². The van der Waals surface area contributed by atoms with Crippen molar-refractivity contribution >= 4 is 0 Å². The molecule has 3 N–H and O–H groups in total. The van der Waals surface area contributed by atoms with Gasteiger partial charge in [0.15, 0.2) is 11.6 Å². The average Bonchev–Trinajstić information content (AvgIpc) is 2.69. The van der Waals surface area contributed by atoms with E-state index in [-0.39, 0.29) is 23.6 Å². The van der Waals surface area contributed by atoms with Crippen LogP contribution in [-0.4, -0.2) is 5.11 Å². The predicted octanol–water partition coefficient (Wildman–Crippen LogP) is 2.91. The van der Waals surface area contributed by atoms with Gasteiger partial charge >= 0.3 is 0 Å². The van der Waals surface area contributed by atoms with Crippen molar-refractivity contribution in [3.63, 3.8) is 0 Å². The third-order valence-corrected chi connectivity index (χ3v) is 4.04. The second-order valence-corrected chi connectivity index (χ2v) is 5.32. The van der Waals surface area contributed by atoms with Crippen LogP contribution in [0.5, 0.6) is 0 Å². The minimum Gasteiger partial charge on any atom is -0.380 e. The zero-order valence-corrected chi connectivity index (χ0v) is 11.0. The maximum absolute atomic E-state index is 14.2. The number of rotatable bonds is 1. The number of nitrogens with two attached hydrogens (primary N) is 1. The second-order valence-electron chi connectivity index (χ2n) is 5.32. The predicted molar refractivity (Wildman–Crippen MR) is 72.1 cm³/mol. The molecular formula is C16H15F2NO. The molecule has 2 nitrogen and oxygen atoms in total.